The van der Waals surface area contributed by atoms with E-state index in [1.165, 1.54) is 0 Å². The molecule has 2 rings (SSSR count). The van der Waals surface area contributed by atoms with Crippen molar-refractivity contribution >= 4 is 11.0 Å². The van der Waals surface area contributed by atoms with Gasteiger partial charge in [-0.3, -0.25) is 0 Å². The van der Waals surface area contributed by atoms with Crippen LogP contribution in [0.2, 0.25) is 0 Å². The van der Waals surface area contributed by atoms with Crippen molar-refractivity contribution in [3.05, 3.63) is 24.3 Å². The molecule has 6 heteroatoms. The summed E-state index contributed by atoms with van der Waals surface area (Å²) in [5.41, 5.74) is 1.66. The normalized spacial score (nSPS) is 17.0. The first-order valence-corrected chi connectivity index (χ1v) is 5.96. The van der Waals surface area contributed by atoms with Crippen molar-refractivity contribution in [1.29, 1.82) is 0 Å². The fraction of sp³-hybridized carbons (Fsp3) is 0.500. The van der Waals surface area contributed by atoms with Gasteiger partial charge in [-0.15, -0.1) is 5.10 Å². The molecule has 0 fully saturated rings. The summed E-state index contributed by atoms with van der Waals surface area (Å²) in [6, 6.07) is 7.59. The minimum absolute atomic E-state index is 0.294. The predicted molar refractivity (Wildman–Crippen MR) is 67.4 cm³/mol. The van der Waals surface area contributed by atoms with Crippen LogP contribution in [0.5, 0.6) is 0 Å². The molecule has 0 aliphatic rings. The molecule has 0 aliphatic heterocycles. The third-order valence-electron chi connectivity index (χ3n) is 3.03. The van der Waals surface area contributed by atoms with Gasteiger partial charge in [0.15, 0.2) is 0 Å². The van der Waals surface area contributed by atoms with E-state index in [0.717, 1.165) is 11.0 Å². The maximum atomic E-state index is 9.73. The molecule has 0 bridgehead atoms. The van der Waals surface area contributed by atoms with Gasteiger partial charge in [-0.05, 0) is 32.9 Å². The number of para-hydroxylation sites is 1. The van der Waals surface area contributed by atoms with Crippen molar-refractivity contribution in [3.8, 4) is 0 Å². The Morgan fingerprint density at radius 3 is 2.33 bits per heavy atom. The maximum Gasteiger partial charge on any atom is 0.113 e. The summed E-state index contributed by atoms with van der Waals surface area (Å²) in [7, 11) is 0. The minimum atomic E-state index is -0.775. The molecule has 0 aliphatic carbocycles. The number of benzene rings is 1. The van der Waals surface area contributed by atoms with Gasteiger partial charge in [-0.2, -0.15) is 0 Å². The molecule has 2 N–H and O–H groups in total. The Bertz CT molecular complexity index is 516. The minimum Gasteiger partial charge on any atom is -0.379 e. The van der Waals surface area contributed by atoms with E-state index < -0.39 is 12.5 Å². The SMILES string of the molecule is CC(O)N(C(C)O)C(C)n1nnc2ccccc21. The lowest BCUT2D eigenvalue weighted by Gasteiger charge is -2.33. The zero-order valence-electron chi connectivity index (χ0n) is 10.7. The first kappa shape index (κ1) is 12.9. The second-order valence-electron chi connectivity index (χ2n) is 4.37. The van der Waals surface area contributed by atoms with Crippen LogP contribution in [0.4, 0.5) is 0 Å². The Morgan fingerprint density at radius 1 is 1.11 bits per heavy atom. The van der Waals surface area contributed by atoms with E-state index in [-0.39, 0.29) is 6.17 Å². The van der Waals surface area contributed by atoms with Gasteiger partial charge in [0.1, 0.15) is 24.1 Å². The van der Waals surface area contributed by atoms with Crippen LogP contribution in [0.3, 0.4) is 0 Å². The van der Waals surface area contributed by atoms with E-state index in [0.29, 0.717) is 0 Å². The van der Waals surface area contributed by atoms with Gasteiger partial charge in [0, 0.05) is 0 Å². The highest BCUT2D eigenvalue weighted by atomic mass is 16.3. The van der Waals surface area contributed by atoms with Crippen LogP contribution in [-0.2, 0) is 0 Å². The molecule has 0 spiro atoms. The number of hydrogen-bond donors (Lipinski definition) is 2. The van der Waals surface area contributed by atoms with Crippen LogP contribution >= 0.6 is 0 Å². The summed E-state index contributed by atoms with van der Waals surface area (Å²) in [5.74, 6) is 0. The Hall–Kier alpha value is -1.50. The molecule has 0 radical (unpaired) electrons. The van der Waals surface area contributed by atoms with Gasteiger partial charge in [0.05, 0.1) is 5.52 Å². The van der Waals surface area contributed by atoms with E-state index in [1.807, 2.05) is 31.2 Å². The van der Waals surface area contributed by atoms with Crippen LogP contribution in [0.25, 0.3) is 11.0 Å². The number of aliphatic hydroxyl groups is 2. The molecule has 0 saturated heterocycles. The Kier molecular flexibility index (Phi) is 3.60. The zero-order chi connectivity index (χ0) is 13.3. The van der Waals surface area contributed by atoms with Gasteiger partial charge in [0.25, 0.3) is 0 Å². The van der Waals surface area contributed by atoms with E-state index in [4.69, 9.17) is 0 Å². The molecule has 0 amide bonds. The van der Waals surface area contributed by atoms with Crippen molar-refractivity contribution < 1.29 is 10.2 Å². The van der Waals surface area contributed by atoms with Crippen molar-refractivity contribution in [2.45, 2.75) is 39.4 Å². The summed E-state index contributed by atoms with van der Waals surface area (Å²) in [4.78, 5) is 1.54. The topological polar surface area (TPSA) is 74.4 Å². The molecule has 18 heavy (non-hydrogen) atoms. The lowest BCUT2D eigenvalue weighted by molar-refractivity contribution is -0.124. The quantitative estimate of drug-likeness (QED) is 0.790. The molecule has 3 atom stereocenters. The Balaban J connectivity index is 2.41. The highest BCUT2D eigenvalue weighted by Crippen LogP contribution is 2.21. The van der Waals surface area contributed by atoms with Crippen LogP contribution in [0.1, 0.15) is 26.9 Å². The van der Waals surface area contributed by atoms with E-state index in [9.17, 15) is 10.2 Å². The molecule has 6 nitrogen and oxygen atoms in total. The molecule has 1 aromatic heterocycles. The smallest absolute Gasteiger partial charge is 0.113 e. The summed E-state index contributed by atoms with van der Waals surface area (Å²) in [6.07, 6.45) is -1.84. The molecule has 1 aromatic carbocycles. The first-order valence-electron chi connectivity index (χ1n) is 5.96. The predicted octanol–water partition coefficient (Wildman–Crippen LogP) is 0.928. The van der Waals surface area contributed by atoms with Crippen LogP contribution < -0.4 is 0 Å². The van der Waals surface area contributed by atoms with Gasteiger partial charge in [-0.25, -0.2) is 9.58 Å². The molecule has 1 heterocycles. The van der Waals surface area contributed by atoms with E-state index in [2.05, 4.69) is 10.3 Å². The lowest BCUT2D eigenvalue weighted by Crippen LogP contribution is -2.44. The number of nitrogens with zero attached hydrogens (tertiary/aromatic N) is 4. The van der Waals surface area contributed by atoms with Crippen molar-refractivity contribution in [2.75, 3.05) is 0 Å². The van der Waals surface area contributed by atoms with Crippen molar-refractivity contribution in [1.82, 2.24) is 19.9 Å². The van der Waals surface area contributed by atoms with Gasteiger partial charge in [0.2, 0.25) is 0 Å². The maximum absolute atomic E-state index is 9.73. The van der Waals surface area contributed by atoms with Crippen molar-refractivity contribution in [2.24, 2.45) is 0 Å². The molecule has 0 saturated carbocycles. The fourth-order valence-corrected chi connectivity index (χ4v) is 2.23. The van der Waals surface area contributed by atoms with Crippen LogP contribution in [0.15, 0.2) is 24.3 Å². The van der Waals surface area contributed by atoms with Gasteiger partial charge < -0.3 is 10.2 Å². The molecule has 98 valence electrons. The van der Waals surface area contributed by atoms with Gasteiger partial charge in [-0.1, -0.05) is 17.3 Å². The van der Waals surface area contributed by atoms with E-state index >= 15 is 0 Å². The van der Waals surface area contributed by atoms with Gasteiger partial charge >= 0.3 is 0 Å². The number of aliphatic hydroxyl groups excluding tert-OH is 2. The number of hydrogen-bond acceptors (Lipinski definition) is 5. The summed E-state index contributed by atoms with van der Waals surface area (Å²) in [6.45, 7) is 5.09. The third kappa shape index (κ3) is 2.22. The van der Waals surface area contributed by atoms with E-state index in [1.54, 1.807) is 23.4 Å². The Morgan fingerprint density at radius 2 is 1.72 bits per heavy atom. The number of rotatable bonds is 4. The first-order chi connectivity index (χ1) is 8.52. The van der Waals surface area contributed by atoms with Crippen LogP contribution in [0, 0.1) is 0 Å². The zero-order valence-corrected chi connectivity index (χ0v) is 10.7. The number of aromatic nitrogens is 3. The molecule has 3 unspecified atom stereocenters. The fourth-order valence-electron chi connectivity index (χ4n) is 2.23. The second kappa shape index (κ2) is 5.01. The summed E-state index contributed by atoms with van der Waals surface area (Å²) >= 11 is 0. The van der Waals surface area contributed by atoms with Crippen LogP contribution in [-0.4, -0.2) is 42.6 Å². The lowest BCUT2D eigenvalue weighted by atomic mass is 10.3. The number of fused-ring (bicyclic) bond motifs is 1. The average molecular weight is 250 g/mol. The Labute approximate surface area is 105 Å². The highest BCUT2D eigenvalue weighted by Gasteiger charge is 2.25. The standard InChI is InChI=1S/C12H18N4O2/c1-8(15(9(2)17)10(3)18)16-12-7-5-4-6-11(12)13-14-16/h4-10,17-18H,1-3H3. The molecular weight excluding hydrogens is 232 g/mol. The van der Waals surface area contributed by atoms with Crippen molar-refractivity contribution in [3.63, 3.8) is 0 Å². The third-order valence-corrected chi connectivity index (χ3v) is 3.03. The summed E-state index contributed by atoms with van der Waals surface area (Å²) < 4.78 is 1.69. The summed E-state index contributed by atoms with van der Waals surface area (Å²) in [5, 5.41) is 27.6. The molecule has 2 aromatic rings. The highest BCUT2D eigenvalue weighted by molar-refractivity contribution is 5.73. The average Bonchev–Trinajstić information content (AvgIpc) is 2.71. The molecular formula is C12H18N4O2. The second-order valence-corrected chi connectivity index (χ2v) is 4.37. The largest absolute Gasteiger partial charge is 0.379 e. The monoisotopic (exact) mass is 250 g/mol.